The SMILES string of the molecule is CC(c1ccc2c(c1)C1(CCCC1)c1cc(CCC(c3ccccc3)c3ccccc3)c3ccccc3c1-2)C(Cc1ccccc1)c1ccc2c(c1)sc1ccccc12. The van der Waals surface area contributed by atoms with Gasteiger partial charge in [-0.2, -0.15) is 0 Å². The van der Waals surface area contributed by atoms with Crippen molar-refractivity contribution in [1.82, 2.24) is 0 Å². The lowest BCUT2D eigenvalue weighted by molar-refractivity contribution is 0.542. The summed E-state index contributed by atoms with van der Waals surface area (Å²) in [6, 6.07) is 69.4. The molecule has 0 bridgehead atoms. The van der Waals surface area contributed by atoms with Gasteiger partial charge in [0.25, 0.3) is 0 Å². The Balaban J connectivity index is 0.995. The first-order valence-corrected chi connectivity index (χ1v) is 22.7. The highest BCUT2D eigenvalue weighted by Crippen LogP contribution is 2.59. The van der Waals surface area contributed by atoms with E-state index in [-0.39, 0.29) is 5.41 Å². The van der Waals surface area contributed by atoms with E-state index < -0.39 is 0 Å². The fourth-order valence-electron chi connectivity index (χ4n) is 11.3. The number of aryl methyl sites for hydroxylation is 1. The third kappa shape index (κ3) is 6.34. The summed E-state index contributed by atoms with van der Waals surface area (Å²) in [5.41, 5.74) is 14.8. The molecule has 0 radical (unpaired) electrons. The Labute approximate surface area is 353 Å². The molecule has 59 heavy (non-hydrogen) atoms. The number of thiophene rings is 1. The van der Waals surface area contributed by atoms with Crippen molar-refractivity contribution in [1.29, 1.82) is 0 Å². The number of fused-ring (bicyclic) bond motifs is 10. The minimum atomic E-state index is 0.0718. The average Bonchev–Trinajstić information content (AvgIpc) is 4.01. The minimum Gasteiger partial charge on any atom is -0.135 e. The van der Waals surface area contributed by atoms with Crippen molar-refractivity contribution in [2.45, 2.75) is 75.0 Å². The summed E-state index contributed by atoms with van der Waals surface area (Å²) in [6.45, 7) is 2.50. The fraction of sp³-hybridized carbons (Fsp3) is 0.207. The van der Waals surface area contributed by atoms with Crippen LogP contribution >= 0.6 is 11.3 Å². The predicted octanol–water partition coefficient (Wildman–Crippen LogP) is 15.9. The van der Waals surface area contributed by atoms with Gasteiger partial charge in [0.2, 0.25) is 0 Å². The van der Waals surface area contributed by atoms with Crippen LogP contribution in [-0.2, 0) is 18.3 Å². The molecule has 288 valence electrons. The van der Waals surface area contributed by atoms with Crippen LogP contribution in [0.4, 0.5) is 0 Å². The van der Waals surface area contributed by atoms with Gasteiger partial charge in [0.05, 0.1) is 0 Å². The maximum atomic E-state index is 2.68. The van der Waals surface area contributed by atoms with E-state index in [1.54, 1.807) is 11.1 Å². The van der Waals surface area contributed by atoms with E-state index in [1.165, 1.54) is 101 Å². The Morgan fingerprint density at radius 1 is 0.508 bits per heavy atom. The Bertz CT molecular complexity index is 2890. The third-order valence-corrected chi connectivity index (χ3v) is 15.4. The second kappa shape index (κ2) is 15.1. The van der Waals surface area contributed by atoms with Crippen LogP contribution in [-0.4, -0.2) is 0 Å². The van der Waals surface area contributed by atoms with Crippen LogP contribution in [0.3, 0.4) is 0 Å². The number of hydrogen-bond acceptors (Lipinski definition) is 1. The quantitative estimate of drug-likeness (QED) is 0.130. The molecule has 0 amide bonds. The highest BCUT2D eigenvalue weighted by atomic mass is 32.1. The van der Waals surface area contributed by atoms with Crippen molar-refractivity contribution in [2.24, 2.45) is 0 Å². The summed E-state index contributed by atoms with van der Waals surface area (Å²) in [6.07, 6.45) is 8.18. The smallest absolute Gasteiger partial charge is 0.0358 e. The van der Waals surface area contributed by atoms with E-state index in [4.69, 9.17) is 0 Å². The van der Waals surface area contributed by atoms with Gasteiger partial charge in [0, 0.05) is 31.5 Å². The molecule has 1 saturated carbocycles. The molecule has 0 saturated heterocycles. The molecule has 0 nitrogen and oxygen atoms in total. The van der Waals surface area contributed by atoms with E-state index in [1.807, 2.05) is 11.3 Å². The second-order valence-electron chi connectivity index (χ2n) is 17.4. The first kappa shape index (κ1) is 36.3. The van der Waals surface area contributed by atoms with Gasteiger partial charge < -0.3 is 0 Å². The molecule has 1 fully saturated rings. The van der Waals surface area contributed by atoms with Crippen LogP contribution in [0.5, 0.6) is 0 Å². The molecule has 2 unspecified atom stereocenters. The molecule has 1 heterocycles. The highest BCUT2D eigenvalue weighted by Gasteiger charge is 2.46. The summed E-state index contributed by atoms with van der Waals surface area (Å²) in [5, 5.41) is 5.60. The number of hydrogen-bond donors (Lipinski definition) is 0. The molecule has 1 heteroatoms. The van der Waals surface area contributed by atoms with Crippen LogP contribution in [0.25, 0.3) is 42.1 Å². The van der Waals surface area contributed by atoms with Crippen LogP contribution in [0, 0.1) is 0 Å². The van der Waals surface area contributed by atoms with Crippen LogP contribution < -0.4 is 0 Å². The van der Waals surface area contributed by atoms with Gasteiger partial charge in [-0.3, -0.25) is 0 Å². The standard InChI is InChI=1S/C58H50S/c1-39(52(35-40-17-5-2-6-18-40)45-29-31-49-48-24-13-14-26-55(48)59-56(49)38-45)43-27-32-51-53(36-43)58(33-15-16-34-58)54-37-44(47-23-11-12-25-50(47)57(51)54)28-30-46(41-19-7-3-8-20-41)42-21-9-4-10-22-42/h2-14,17-27,29,31-32,36-39,46,52H,15-16,28,30,33-35H2,1H3. The van der Waals surface area contributed by atoms with Gasteiger partial charge in [-0.15, -0.1) is 11.3 Å². The zero-order valence-electron chi connectivity index (χ0n) is 33.9. The summed E-state index contributed by atoms with van der Waals surface area (Å²) < 4.78 is 2.76. The van der Waals surface area contributed by atoms with E-state index in [0.29, 0.717) is 17.8 Å². The Morgan fingerprint density at radius 3 is 1.85 bits per heavy atom. The molecule has 8 aromatic carbocycles. The molecule has 2 aliphatic rings. The normalized spacial score (nSPS) is 15.3. The predicted molar refractivity (Wildman–Crippen MR) is 252 cm³/mol. The van der Waals surface area contributed by atoms with Gasteiger partial charge in [0.1, 0.15) is 0 Å². The van der Waals surface area contributed by atoms with Crippen LogP contribution in [0.15, 0.2) is 182 Å². The molecule has 9 aromatic rings. The summed E-state index contributed by atoms with van der Waals surface area (Å²) in [4.78, 5) is 0. The number of benzene rings is 8. The van der Waals surface area contributed by atoms with Gasteiger partial charge in [0.15, 0.2) is 0 Å². The zero-order valence-corrected chi connectivity index (χ0v) is 34.7. The average molecular weight is 779 g/mol. The van der Waals surface area contributed by atoms with Gasteiger partial charge >= 0.3 is 0 Å². The van der Waals surface area contributed by atoms with Crippen molar-refractivity contribution >= 4 is 42.3 Å². The monoisotopic (exact) mass is 778 g/mol. The lowest BCUT2D eigenvalue weighted by atomic mass is 9.73. The largest absolute Gasteiger partial charge is 0.135 e. The second-order valence-corrected chi connectivity index (χ2v) is 18.5. The van der Waals surface area contributed by atoms with E-state index >= 15 is 0 Å². The summed E-state index contributed by atoms with van der Waals surface area (Å²) in [7, 11) is 0. The number of rotatable bonds is 10. The van der Waals surface area contributed by atoms with Crippen molar-refractivity contribution in [2.75, 3.05) is 0 Å². The van der Waals surface area contributed by atoms with E-state index in [9.17, 15) is 0 Å². The summed E-state index contributed by atoms with van der Waals surface area (Å²) in [5.74, 6) is 1.05. The van der Waals surface area contributed by atoms with Gasteiger partial charge in [-0.05, 0) is 122 Å². The Kier molecular flexibility index (Phi) is 9.31. The molecule has 2 atom stereocenters. The molecule has 1 spiro atoms. The highest BCUT2D eigenvalue weighted by molar-refractivity contribution is 7.25. The first-order chi connectivity index (χ1) is 29.1. The Hall–Kier alpha value is -5.76. The van der Waals surface area contributed by atoms with Crippen molar-refractivity contribution < 1.29 is 0 Å². The van der Waals surface area contributed by atoms with Gasteiger partial charge in [-0.1, -0.05) is 190 Å². The lowest BCUT2D eigenvalue weighted by Gasteiger charge is -2.30. The van der Waals surface area contributed by atoms with Gasteiger partial charge in [-0.25, -0.2) is 0 Å². The first-order valence-electron chi connectivity index (χ1n) is 21.9. The molecule has 0 aliphatic heterocycles. The molecule has 0 N–H and O–H groups in total. The topological polar surface area (TPSA) is 0 Å². The van der Waals surface area contributed by atoms with E-state index in [0.717, 1.165) is 19.3 Å². The molecular formula is C58H50S. The van der Waals surface area contributed by atoms with Crippen molar-refractivity contribution in [3.63, 3.8) is 0 Å². The van der Waals surface area contributed by atoms with Crippen molar-refractivity contribution in [3.05, 3.63) is 226 Å². The maximum Gasteiger partial charge on any atom is 0.0358 e. The Morgan fingerprint density at radius 2 is 1.12 bits per heavy atom. The fourth-order valence-corrected chi connectivity index (χ4v) is 12.5. The molecular weight excluding hydrogens is 729 g/mol. The molecule has 2 aliphatic carbocycles. The van der Waals surface area contributed by atoms with Crippen molar-refractivity contribution in [3.8, 4) is 11.1 Å². The lowest BCUT2D eigenvalue weighted by Crippen LogP contribution is -2.21. The zero-order chi connectivity index (χ0) is 39.3. The molecule has 1 aromatic heterocycles. The van der Waals surface area contributed by atoms with Crippen LogP contribution in [0.2, 0.25) is 0 Å². The van der Waals surface area contributed by atoms with Crippen LogP contribution in [0.1, 0.15) is 101 Å². The molecule has 11 rings (SSSR count). The maximum absolute atomic E-state index is 2.68. The minimum absolute atomic E-state index is 0.0718. The van der Waals surface area contributed by atoms with E-state index in [2.05, 4.69) is 189 Å². The third-order valence-electron chi connectivity index (χ3n) is 14.3. The summed E-state index contributed by atoms with van der Waals surface area (Å²) >= 11 is 1.93.